The maximum Gasteiger partial charge on any atom is 0.227 e. The van der Waals surface area contributed by atoms with Crippen molar-refractivity contribution in [2.24, 2.45) is 10.9 Å². The highest BCUT2D eigenvalue weighted by molar-refractivity contribution is 6.31. The summed E-state index contributed by atoms with van der Waals surface area (Å²) in [5.41, 5.74) is 5.02. The van der Waals surface area contributed by atoms with Crippen molar-refractivity contribution < 1.29 is 14.6 Å². The Morgan fingerprint density at radius 2 is 2.03 bits per heavy atom. The molecule has 0 saturated heterocycles. The minimum Gasteiger partial charge on any atom is -0.368 e. The summed E-state index contributed by atoms with van der Waals surface area (Å²) in [4.78, 5) is 13.9. The molecule has 2 aliphatic carbocycles. The van der Waals surface area contributed by atoms with Crippen molar-refractivity contribution in [3.63, 3.8) is 0 Å². The number of halogens is 2. The van der Waals surface area contributed by atoms with Gasteiger partial charge in [-0.2, -0.15) is 0 Å². The lowest BCUT2D eigenvalue weighted by Gasteiger charge is -2.20. The van der Waals surface area contributed by atoms with Crippen LogP contribution >= 0.6 is 11.6 Å². The number of aliphatic imine (C=N–C) groups is 1. The van der Waals surface area contributed by atoms with Crippen LogP contribution in [0.5, 0.6) is 0 Å². The first-order valence-electron chi connectivity index (χ1n) is 10.8. The fourth-order valence-electron chi connectivity index (χ4n) is 4.26. The van der Waals surface area contributed by atoms with Crippen molar-refractivity contribution in [2.75, 3.05) is 5.32 Å². The minimum atomic E-state index is -1.43. The molecule has 1 aliphatic heterocycles. The van der Waals surface area contributed by atoms with Gasteiger partial charge in [0.2, 0.25) is 5.95 Å². The second kappa shape index (κ2) is 9.02. The zero-order valence-electron chi connectivity index (χ0n) is 17.7. The van der Waals surface area contributed by atoms with E-state index in [2.05, 4.69) is 10.3 Å². The number of aliphatic hydroxyl groups excluding tert-OH is 1. The molecule has 5 rings (SSSR count). The number of nitrogens with one attached hydrogen (secondary N) is 1. The molecule has 1 aromatic carbocycles. The summed E-state index contributed by atoms with van der Waals surface area (Å²) < 4.78 is 14.7. The van der Waals surface area contributed by atoms with E-state index >= 15 is 0 Å². The van der Waals surface area contributed by atoms with Gasteiger partial charge in [0.25, 0.3) is 0 Å². The molecule has 33 heavy (non-hydrogen) atoms. The molecule has 1 unspecified atom stereocenters. The summed E-state index contributed by atoms with van der Waals surface area (Å²) in [7, 11) is 0. The van der Waals surface area contributed by atoms with Gasteiger partial charge in [0.1, 0.15) is 5.82 Å². The Morgan fingerprint density at radius 1 is 1.18 bits per heavy atom. The Bertz CT molecular complexity index is 1260. The predicted molar refractivity (Wildman–Crippen MR) is 126 cm³/mol. The maximum atomic E-state index is 14.7. The average molecular weight is 465 g/mol. The van der Waals surface area contributed by atoms with Crippen molar-refractivity contribution >= 4 is 28.8 Å². The second-order valence-electron chi connectivity index (χ2n) is 8.16. The van der Waals surface area contributed by atoms with Crippen molar-refractivity contribution in [2.45, 2.75) is 32.1 Å². The summed E-state index contributed by atoms with van der Waals surface area (Å²) in [5.74, 6) is -0.344. The van der Waals surface area contributed by atoms with Crippen molar-refractivity contribution in [3.05, 3.63) is 93.7 Å². The van der Waals surface area contributed by atoms with Gasteiger partial charge in [0.15, 0.2) is 6.29 Å². The number of fused-ring (bicyclic) bond motifs is 2. The molecule has 2 heterocycles. The van der Waals surface area contributed by atoms with Gasteiger partial charge in [-0.05, 0) is 49.1 Å². The Hall–Kier alpha value is -3.13. The standard InChI is InChI=1S/C25H22ClFN4O2/c26-16-8-9-18-20(11-16)23(19-6-1-2-7-21(19)27)28-12-15-13-29-25(31-22(15)18)30-17-5-3-4-14(10-17)24(32)33/h1-3,5-7,10-11,13-14,24,32-33H,4,8-9,12H2,(H,29,30,31). The van der Waals surface area contributed by atoms with Gasteiger partial charge >= 0.3 is 0 Å². The molecular formula is C25H22ClFN4O2. The molecule has 0 saturated carbocycles. The minimum absolute atomic E-state index is 0.319. The third-order valence-electron chi connectivity index (χ3n) is 5.92. The molecule has 6 nitrogen and oxygen atoms in total. The zero-order valence-corrected chi connectivity index (χ0v) is 18.4. The van der Waals surface area contributed by atoms with Crippen LogP contribution in [0.2, 0.25) is 0 Å². The van der Waals surface area contributed by atoms with Gasteiger partial charge in [0.05, 0.1) is 18.0 Å². The van der Waals surface area contributed by atoms with E-state index in [-0.39, 0.29) is 5.82 Å². The molecule has 3 aliphatic rings. The van der Waals surface area contributed by atoms with Gasteiger partial charge < -0.3 is 15.5 Å². The molecule has 0 spiro atoms. The summed E-state index contributed by atoms with van der Waals surface area (Å²) in [5, 5.41) is 22.8. The number of aromatic nitrogens is 2. The van der Waals surface area contributed by atoms with Gasteiger partial charge in [-0.15, -0.1) is 0 Å². The number of aliphatic hydroxyl groups is 2. The van der Waals surface area contributed by atoms with Crippen LogP contribution in [-0.2, 0) is 6.54 Å². The summed E-state index contributed by atoms with van der Waals surface area (Å²) in [6.45, 7) is 0.319. The van der Waals surface area contributed by atoms with E-state index in [0.717, 1.165) is 22.4 Å². The first-order valence-corrected chi connectivity index (χ1v) is 11.1. The SMILES string of the molecule is OC(O)C1C=C(Nc2ncc3c(n2)C2=C(C=C(Cl)CC2)C(c2ccccc2F)=NC3)C=CC1. The van der Waals surface area contributed by atoms with Crippen LogP contribution in [0.25, 0.3) is 5.57 Å². The Morgan fingerprint density at radius 3 is 2.85 bits per heavy atom. The normalized spacial score (nSPS) is 19.9. The van der Waals surface area contributed by atoms with Crippen LogP contribution < -0.4 is 5.32 Å². The highest BCUT2D eigenvalue weighted by Gasteiger charge is 2.27. The largest absolute Gasteiger partial charge is 0.368 e. The molecular weight excluding hydrogens is 443 g/mol. The van der Waals surface area contributed by atoms with Crippen LogP contribution in [0.4, 0.5) is 10.3 Å². The van der Waals surface area contributed by atoms with E-state index in [1.54, 1.807) is 30.5 Å². The molecule has 0 radical (unpaired) electrons. The molecule has 168 valence electrons. The third-order valence-corrected chi connectivity index (χ3v) is 6.22. The van der Waals surface area contributed by atoms with Crippen LogP contribution in [0.15, 0.2) is 76.1 Å². The Balaban J connectivity index is 1.56. The average Bonchev–Trinajstić information content (AvgIpc) is 2.96. The lowest BCUT2D eigenvalue weighted by atomic mass is 9.88. The summed E-state index contributed by atoms with van der Waals surface area (Å²) in [6.07, 6.45) is 9.52. The van der Waals surface area contributed by atoms with E-state index in [4.69, 9.17) is 21.6 Å². The van der Waals surface area contributed by atoms with E-state index in [1.165, 1.54) is 6.07 Å². The fourth-order valence-corrected chi connectivity index (χ4v) is 4.46. The van der Waals surface area contributed by atoms with Crippen LogP contribution in [0.1, 0.15) is 36.1 Å². The molecule has 0 bridgehead atoms. The van der Waals surface area contributed by atoms with E-state index in [0.29, 0.717) is 53.8 Å². The zero-order chi connectivity index (χ0) is 22.9. The third kappa shape index (κ3) is 4.39. The molecule has 1 aromatic heterocycles. The number of rotatable bonds is 4. The molecule has 0 amide bonds. The number of anilines is 1. The quantitative estimate of drug-likeness (QED) is 0.581. The van der Waals surface area contributed by atoms with E-state index in [9.17, 15) is 14.6 Å². The highest BCUT2D eigenvalue weighted by Crippen LogP contribution is 2.38. The fraction of sp³-hybridized carbons (Fsp3) is 0.240. The van der Waals surface area contributed by atoms with Gasteiger partial charge in [-0.1, -0.05) is 35.9 Å². The van der Waals surface area contributed by atoms with Gasteiger partial charge in [-0.25, -0.2) is 14.4 Å². The van der Waals surface area contributed by atoms with Gasteiger partial charge in [0, 0.05) is 39.5 Å². The van der Waals surface area contributed by atoms with Crippen molar-refractivity contribution in [1.82, 2.24) is 9.97 Å². The predicted octanol–water partition coefficient (Wildman–Crippen LogP) is 4.47. The highest BCUT2D eigenvalue weighted by atomic mass is 35.5. The monoisotopic (exact) mass is 464 g/mol. The second-order valence-corrected chi connectivity index (χ2v) is 8.64. The van der Waals surface area contributed by atoms with Crippen molar-refractivity contribution in [3.8, 4) is 0 Å². The molecule has 8 heteroatoms. The number of hydrogen-bond donors (Lipinski definition) is 3. The van der Waals surface area contributed by atoms with Gasteiger partial charge in [-0.3, -0.25) is 4.99 Å². The summed E-state index contributed by atoms with van der Waals surface area (Å²) >= 11 is 6.39. The number of allylic oxidation sites excluding steroid dienone is 6. The molecule has 1 atom stereocenters. The maximum absolute atomic E-state index is 14.7. The smallest absolute Gasteiger partial charge is 0.227 e. The Labute approximate surface area is 195 Å². The van der Waals surface area contributed by atoms with E-state index in [1.807, 2.05) is 18.2 Å². The molecule has 2 aromatic rings. The number of hydrogen-bond acceptors (Lipinski definition) is 6. The first-order chi connectivity index (χ1) is 16.0. The number of benzene rings is 1. The van der Waals surface area contributed by atoms with Crippen LogP contribution in [0, 0.1) is 11.7 Å². The lowest BCUT2D eigenvalue weighted by Crippen LogP contribution is -2.20. The van der Waals surface area contributed by atoms with Crippen molar-refractivity contribution in [1.29, 1.82) is 0 Å². The molecule has 0 fully saturated rings. The lowest BCUT2D eigenvalue weighted by molar-refractivity contribution is -0.0695. The van der Waals surface area contributed by atoms with Crippen LogP contribution in [-0.4, -0.2) is 32.2 Å². The first kappa shape index (κ1) is 21.7. The molecule has 3 N–H and O–H groups in total. The van der Waals surface area contributed by atoms with E-state index < -0.39 is 12.2 Å². The Kier molecular flexibility index (Phi) is 5.93. The van der Waals surface area contributed by atoms with Crippen LogP contribution in [0.3, 0.4) is 0 Å². The topological polar surface area (TPSA) is 90.6 Å². The number of nitrogens with zero attached hydrogens (tertiary/aromatic N) is 3. The summed E-state index contributed by atoms with van der Waals surface area (Å²) in [6, 6.07) is 6.59.